The molecule has 2 amide bonds. The Hall–Kier alpha value is -1.50. The van der Waals surface area contributed by atoms with Gasteiger partial charge in [0, 0.05) is 19.6 Å². The Kier molecular flexibility index (Phi) is 6.50. The summed E-state index contributed by atoms with van der Waals surface area (Å²) in [4.78, 5) is 28.2. The highest BCUT2D eigenvalue weighted by Gasteiger charge is 2.38. The summed E-state index contributed by atoms with van der Waals surface area (Å²) in [6, 6.07) is 0. The number of halogens is 2. The average Bonchev–Trinajstić information content (AvgIpc) is 2.59. The van der Waals surface area contributed by atoms with Crippen LogP contribution in [0.2, 0.25) is 0 Å². The lowest BCUT2D eigenvalue weighted by molar-refractivity contribution is -0.149. The number of alkyl halides is 2. The van der Waals surface area contributed by atoms with Crippen LogP contribution in [-0.4, -0.2) is 67.4 Å². The molecular formula is C16H24F2N2O3. The lowest BCUT2D eigenvalue weighted by atomic mass is 9.81. The van der Waals surface area contributed by atoms with E-state index in [9.17, 15) is 18.4 Å². The van der Waals surface area contributed by atoms with E-state index in [4.69, 9.17) is 4.74 Å². The third-order valence-corrected chi connectivity index (χ3v) is 4.44. The van der Waals surface area contributed by atoms with Crippen molar-refractivity contribution < 1.29 is 23.1 Å². The third-order valence-electron chi connectivity index (χ3n) is 4.44. The van der Waals surface area contributed by atoms with Crippen LogP contribution in [0.3, 0.4) is 0 Å². The Morgan fingerprint density at radius 2 is 1.83 bits per heavy atom. The van der Waals surface area contributed by atoms with Gasteiger partial charge in [-0.05, 0) is 19.8 Å². The lowest BCUT2D eigenvalue weighted by Gasteiger charge is -2.36. The van der Waals surface area contributed by atoms with Crippen LogP contribution in [0.5, 0.6) is 0 Å². The second-order valence-electron chi connectivity index (χ2n) is 5.86. The molecule has 0 radical (unpaired) electrons. The lowest BCUT2D eigenvalue weighted by Crippen LogP contribution is -2.49. The summed E-state index contributed by atoms with van der Waals surface area (Å²) < 4.78 is 30.5. The monoisotopic (exact) mass is 330 g/mol. The van der Waals surface area contributed by atoms with E-state index in [2.05, 4.69) is 0 Å². The van der Waals surface area contributed by atoms with Gasteiger partial charge in [0.2, 0.25) is 11.8 Å². The van der Waals surface area contributed by atoms with E-state index in [1.54, 1.807) is 11.8 Å². The zero-order valence-electron chi connectivity index (χ0n) is 13.4. The fraction of sp³-hybridized carbons (Fsp3) is 0.750. The van der Waals surface area contributed by atoms with Gasteiger partial charge in [0.15, 0.2) is 0 Å². The first-order valence-electron chi connectivity index (χ1n) is 8.13. The summed E-state index contributed by atoms with van der Waals surface area (Å²) in [5.74, 6) is -1.42. The Morgan fingerprint density at radius 1 is 1.22 bits per heavy atom. The van der Waals surface area contributed by atoms with Gasteiger partial charge in [-0.1, -0.05) is 12.2 Å². The number of carbonyl (C=O) groups is 2. The van der Waals surface area contributed by atoms with Crippen molar-refractivity contribution in [1.82, 2.24) is 9.80 Å². The van der Waals surface area contributed by atoms with E-state index >= 15 is 0 Å². The van der Waals surface area contributed by atoms with E-state index in [-0.39, 0.29) is 18.4 Å². The topological polar surface area (TPSA) is 49.9 Å². The Morgan fingerprint density at radius 3 is 2.39 bits per heavy atom. The Labute approximate surface area is 135 Å². The smallest absolute Gasteiger partial charge is 0.255 e. The minimum absolute atomic E-state index is 0.0656. The van der Waals surface area contributed by atoms with E-state index < -0.39 is 24.8 Å². The summed E-state index contributed by atoms with van der Waals surface area (Å²) in [5.41, 5.74) is 0. The van der Waals surface area contributed by atoms with Gasteiger partial charge < -0.3 is 14.5 Å². The average molecular weight is 330 g/mol. The van der Waals surface area contributed by atoms with Crippen molar-refractivity contribution >= 4 is 11.8 Å². The molecule has 0 bridgehead atoms. The molecule has 1 aliphatic heterocycles. The van der Waals surface area contributed by atoms with Crippen molar-refractivity contribution in [1.29, 1.82) is 0 Å². The van der Waals surface area contributed by atoms with Crippen LogP contribution in [0.15, 0.2) is 12.2 Å². The molecular weight excluding hydrogens is 306 g/mol. The molecule has 7 heteroatoms. The Balaban J connectivity index is 2.09. The predicted molar refractivity (Wildman–Crippen MR) is 81.0 cm³/mol. The molecule has 1 fully saturated rings. The van der Waals surface area contributed by atoms with Crippen LogP contribution in [-0.2, 0) is 14.3 Å². The zero-order chi connectivity index (χ0) is 16.8. The van der Waals surface area contributed by atoms with Gasteiger partial charge in [-0.2, -0.15) is 0 Å². The maximum absolute atomic E-state index is 12.7. The minimum Gasteiger partial charge on any atom is -0.378 e. The number of hydrogen-bond acceptors (Lipinski definition) is 3. The number of rotatable bonds is 5. The quantitative estimate of drug-likeness (QED) is 0.719. The molecule has 2 rings (SSSR count). The molecule has 1 aliphatic carbocycles. The molecule has 1 saturated heterocycles. The summed E-state index contributed by atoms with van der Waals surface area (Å²) >= 11 is 0. The van der Waals surface area contributed by atoms with Crippen molar-refractivity contribution in [3.63, 3.8) is 0 Å². The van der Waals surface area contributed by atoms with Crippen molar-refractivity contribution in [2.75, 3.05) is 39.4 Å². The van der Waals surface area contributed by atoms with Crippen molar-refractivity contribution in [2.45, 2.75) is 26.2 Å². The molecule has 0 aromatic heterocycles. The summed E-state index contributed by atoms with van der Waals surface area (Å²) in [6.07, 6.45) is 2.11. The number of hydrogen-bond donors (Lipinski definition) is 0. The van der Waals surface area contributed by atoms with Crippen LogP contribution in [0.4, 0.5) is 8.78 Å². The number of morpholine rings is 1. The van der Waals surface area contributed by atoms with Crippen LogP contribution < -0.4 is 0 Å². The molecule has 0 spiro atoms. The number of carbonyl (C=O) groups excluding carboxylic acids is 2. The highest BCUT2D eigenvalue weighted by Crippen LogP contribution is 2.29. The highest BCUT2D eigenvalue weighted by atomic mass is 19.3. The molecule has 2 aliphatic rings. The molecule has 2 atom stereocenters. The van der Waals surface area contributed by atoms with E-state index in [1.807, 2.05) is 12.2 Å². The van der Waals surface area contributed by atoms with Crippen molar-refractivity contribution in [3.05, 3.63) is 12.2 Å². The van der Waals surface area contributed by atoms with Crippen molar-refractivity contribution in [2.24, 2.45) is 11.8 Å². The largest absolute Gasteiger partial charge is 0.378 e. The first-order valence-corrected chi connectivity index (χ1v) is 8.13. The van der Waals surface area contributed by atoms with Crippen LogP contribution >= 0.6 is 0 Å². The molecule has 0 unspecified atom stereocenters. The number of nitrogens with zero attached hydrogens (tertiary/aromatic N) is 2. The molecule has 0 aromatic carbocycles. The van der Waals surface area contributed by atoms with Crippen LogP contribution in [0, 0.1) is 11.8 Å². The molecule has 130 valence electrons. The number of allylic oxidation sites excluding steroid dienone is 2. The van der Waals surface area contributed by atoms with E-state index in [0.29, 0.717) is 39.1 Å². The van der Waals surface area contributed by atoms with E-state index in [1.165, 1.54) is 0 Å². The highest BCUT2D eigenvalue weighted by molar-refractivity contribution is 5.88. The first-order chi connectivity index (χ1) is 11.0. The molecule has 0 saturated carbocycles. The zero-order valence-corrected chi connectivity index (χ0v) is 13.4. The molecule has 0 N–H and O–H groups in total. The number of amides is 2. The SMILES string of the molecule is CCN(CC(F)F)C(=O)[C@H]1CC=CC[C@H]1C(=O)N1CCOCC1. The fourth-order valence-corrected chi connectivity index (χ4v) is 3.15. The first kappa shape index (κ1) is 17.8. The van der Waals surface area contributed by atoms with Gasteiger partial charge in [-0.25, -0.2) is 8.78 Å². The van der Waals surface area contributed by atoms with E-state index in [0.717, 1.165) is 4.90 Å². The third kappa shape index (κ3) is 4.50. The van der Waals surface area contributed by atoms with Gasteiger partial charge in [0.25, 0.3) is 6.43 Å². The van der Waals surface area contributed by atoms with Crippen LogP contribution in [0.1, 0.15) is 19.8 Å². The minimum atomic E-state index is -2.56. The standard InChI is InChI=1S/C16H24F2N2O3/c1-2-19(11-14(17)18)15(21)12-5-3-4-6-13(12)16(22)20-7-9-23-10-8-20/h3-4,12-14H,2,5-11H2,1H3/t12-,13+/m0/s1. The van der Waals surface area contributed by atoms with Gasteiger partial charge in [0.1, 0.15) is 0 Å². The normalized spacial score (nSPS) is 24.8. The predicted octanol–water partition coefficient (Wildman–Crippen LogP) is 1.54. The second kappa shape index (κ2) is 8.38. The fourth-order valence-electron chi connectivity index (χ4n) is 3.15. The van der Waals surface area contributed by atoms with Gasteiger partial charge in [-0.3, -0.25) is 9.59 Å². The van der Waals surface area contributed by atoms with Crippen molar-refractivity contribution in [3.8, 4) is 0 Å². The molecule has 23 heavy (non-hydrogen) atoms. The molecule has 0 aromatic rings. The number of ether oxygens (including phenoxy) is 1. The van der Waals surface area contributed by atoms with Gasteiger partial charge in [0.05, 0.1) is 31.6 Å². The maximum Gasteiger partial charge on any atom is 0.255 e. The maximum atomic E-state index is 12.7. The van der Waals surface area contributed by atoms with Gasteiger partial charge >= 0.3 is 0 Å². The molecule has 1 heterocycles. The second-order valence-corrected chi connectivity index (χ2v) is 5.86. The summed E-state index contributed by atoms with van der Waals surface area (Å²) in [7, 11) is 0. The van der Waals surface area contributed by atoms with Gasteiger partial charge in [-0.15, -0.1) is 0 Å². The summed E-state index contributed by atoms with van der Waals surface area (Å²) in [6.45, 7) is 3.37. The molecule has 5 nitrogen and oxygen atoms in total. The Bertz CT molecular complexity index is 451. The summed E-state index contributed by atoms with van der Waals surface area (Å²) in [5, 5.41) is 0. The van der Waals surface area contributed by atoms with Crippen LogP contribution in [0.25, 0.3) is 0 Å².